The summed E-state index contributed by atoms with van der Waals surface area (Å²) in [6.07, 6.45) is 1.75. The first-order valence-electron chi connectivity index (χ1n) is 5.67. The summed E-state index contributed by atoms with van der Waals surface area (Å²) in [5.41, 5.74) is 0.292. The summed E-state index contributed by atoms with van der Waals surface area (Å²) in [7, 11) is 0. The maximum Gasteiger partial charge on any atom is 0.0594 e. The zero-order valence-corrected chi connectivity index (χ0v) is 9.92. The largest absolute Gasteiger partial charge is 0.393 e. The van der Waals surface area contributed by atoms with E-state index >= 15 is 0 Å². The lowest BCUT2D eigenvalue weighted by molar-refractivity contribution is 0.0542. The van der Waals surface area contributed by atoms with Crippen molar-refractivity contribution in [2.75, 3.05) is 13.2 Å². The third-order valence-corrected chi connectivity index (χ3v) is 3.58. The van der Waals surface area contributed by atoms with Crippen molar-refractivity contribution < 1.29 is 9.84 Å². The second kappa shape index (κ2) is 4.63. The Morgan fingerprint density at radius 1 is 1.43 bits per heavy atom. The van der Waals surface area contributed by atoms with Crippen molar-refractivity contribution >= 4 is 0 Å². The molecule has 1 saturated heterocycles. The van der Waals surface area contributed by atoms with E-state index in [9.17, 15) is 5.11 Å². The minimum absolute atomic E-state index is 0.174. The van der Waals surface area contributed by atoms with E-state index in [2.05, 4.69) is 27.7 Å². The molecule has 1 N–H and O–H groups in total. The molecule has 14 heavy (non-hydrogen) atoms. The molecule has 0 amide bonds. The molecule has 1 rings (SSSR count). The number of aliphatic hydroxyl groups excluding tert-OH is 1. The summed E-state index contributed by atoms with van der Waals surface area (Å²) >= 11 is 0. The van der Waals surface area contributed by atoms with E-state index in [1.165, 1.54) is 0 Å². The van der Waals surface area contributed by atoms with Crippen molar-refractivity contribution in [1.82, 2.24) is 0 Å². The molecule has 0 aliphatic carbocycles. The zero-order valence-electron chi connectivity index (χ0n) is 9.92. The van der Waals surface area contributed by atoms with Gasteiger partial charge in [-0.2, -0.15) is 0 Å². The van der Waals surface area contributed by atoms with Gasteiger partial charge < -0.3 is 9.84 Å². The van der Waals surface area contributed by atoms with Gasteiger partial charge in [0.1, 0.15) is 0 Å². The van der Waals surface area contributed by atoms with Gasteiger partial charge in [0.2, 0.25) is 0 Å². The van der Waals surface area contributed by atoms with Gasteiger partial charge in [-0.15, -0.1) is 0 Å². The molecule has 0 aromatic rings. The maximum atomic E-state index is 10.0. The van der Waals surface area contributed by atoms with Crippen LogP contribution in [0.2, 0.25) is 0 Å². The Bertz CT molecular complexity index is 166. The molecule has 0 aromatic heterocycles. The first kappa shape index (κ1) is 12.0. The van der Waals surface area contributed by atoms with E-state index in [0.717, 1.165) is 26.1 Å². The predicted octanol–water partition coefficient (Wildman–Crippen LogP) is 2.46. The smallest absolute Gasteiger partial charge is 0.0594 e. The highest BCUT2D eigenvalue weighted by molar-refractivity contribution is 4.78. The van der Waals surface area contributed by atoms with Crippen LogP contribution < -0.4 is 0 Å². The third-order valence-electron chi connectivity index (χ3n) is 3.58. The van der Waals surface area contributed by atoms with Crippen LogP contribution in [0.5, 0.6) is 0 Å². The van der Waals surface area contributed by atoms with Crippen molar-refractivity contribution in [2.24, 2.45) is 17.3 Å². The Morgan fingerprint density at radius 3 is 2.50 bits per heavy atom. The summed E-state index contributed by atoms with van der Waals surface area (Å²) in [4.78, 5) is 0. The Balaban J connectivity index is 2.35. The normalized spacial score (nSPS) is 27.6. The molecule has 1 aliphatic rings. The second-order valence-electron chi connectivity index (χ2n) is 5.69. The van der Waals surface area contributed by atoms with Crippen LogP contribution in [0.4, 0.5) is 0 Å². The van der Waals surface area contributed by atoms with E-state index in [4.69, 9.17) is 4.74 Å². The Morgan fingerprint density at radius 2 is 2.07 bits per heavy atom. The van der Waals surface area contributed by atoms with Crippen LogP contribution in [0, 0.1) is 17.3 Å². The van der Waals surface area contributed by atoms with Gasteiger partial charge in [0.25, 0.3) is 0 Å². The highest BCUT2D eigenvalue weighted by Crippen LogP contribution is 2.31. The van der Waals surface area contributed by atoms with Crippen LogP contribution in [0.25, 0.3) is 0 Å². The number of hydrogen-bond donors (Lipinski definition) is 1. The second-order valence-corrected chi connectivity index (χ2v) is 5.69. The minimum Gasteiger partial charge on any atom is -0.393 e. The van der Waals surface area contributed by atoms with Crippen molar-refractivity contribution in [3.05, 3.63) is 0 Å². The molecule has 1 aliphatic heterocycles. The van der Waals surface area contributed by atoms with E-state index in [1.54, 1.807) is 0 Å². The standard InChI is InChI=1S/C12H24O2/c1-9(12(2,3)4)7-11(13)10-5-6-14-8-10/h9-11,13H,5-8H2,1-4H3. The number of rotatable bonds is 3. The third kappa shape index (κ3) is 3.25. The van der Waals surface area contributed by atoms with Gasteiger partial charge in [0.15, 0.2) is 0 Å². The van der Waals surface area contributed by atoms with Crippen LogP contribution in [0.3, 0.4) is 0 Å². The summed E-state index contributed by atoms with van der Waals surface area (Å²) in [5, 5.41) is 10.0. The first-order chi connectivity index (χ1) is 6.41. The number of aliphatic hydroxyl groups is 1. The van der Waals surface area contributed by atoms with Crippen molar-refractivity contribution in [2.45, 2.75) is 46.6 Å². The topological polar surface area (TPSA) is 29.5 Å². The average Bonchev–Trinajstić information content (AvgIpc) is 2.53. The molecule has 1 fully saturated rings. The van der Waals surface area contributed by atoms with Gasteiger partial charge >= 0.3 is 0 Å². The molecule has 0 spiro atoms. The van der Waals surface area contributed by atoms with Crippen LogP contribution >= 0.6 is 0 Å². The molecule has 0 saturated carbocycles. The van der Waals surface area contributed by atoms with E-state index in [1.807, 2.05) is 0 Å². The lowest BCUT2D eigenvalue weighted by Crippen LogP contribution is -2.28. The first-order valence-corrected chi connectivity index (χ1v) is 5.67. The predicted molar refractivity (Wildman–Crippen MR) is 58.2 cm³/mol. The van der Waals surface area contributed by atoms with E-state index < -0.39 is 0 Å². The van der Waals surface area contributed by atoms with Crippen LogP contribution in [-0.2, 0) is 4.74 Å². The van der Waals surface area contributed by atoms with Gasteiger partial charge in [-0.25, -0.2) is 0 Å². The molecular weight excluding hydrogens is 176 g/mol. The molecule has 3 atom stereocenters. The van der Waals surface area contributed by atoms with Crippen molar-refractivity contribution in [3.63, 3.8) is 0 Å². The fourth-order valence-electron chi connectivity index (χ4n) is 1.76. The summed E-state index contributed by atoms with van der Waals surface area (Å²) in [6, 6.07) is 0. The molecule has 1 heterocycles. The Hall–Kier alpha value is -0.0800. The number of hydrogen-bond acceptors (Lipinski definition) is 2. The van der Waals surface area contributed by atoms with Gasteiger partial charge in [0.05, 0.1) is 12.7 Å². The maximum absolute atomic E-state index is 10.0. The summed E-state index contributed by atoms with van der Waals surface area (Å²) in [5.74, 6) is 0.929. The molecule has 0 bridgehead atoms. The highest BCUT2D eigenvalue weighted by Gasteiger charge is 2.29. The molecule has 3 unspecified atom stereocenters. The average molecular weight is 200 g/mol. The lowest BCUT2D eigenvalue weighted by Gasteiger charge is -2.30. The van der Waals surface area contributed by atoms with E-state index in [0.29, 0.717) is 17.3 Å². The molecule has 2 heteroatoms. The van der Waals surface area contributed by atoms with Gasteiger partial charge in [-0.05, 0) is 24.2 Å². The quantitative estimate of drug-likeness (QED) is 0.758. The van der Waals surface area contributed by atoms with Gasteiger partial charge in [-0.3, -0.25) is 0 Å². The Labute approximate surface area is 87.7 Å². The lowest BCUT2D eigenvalue weighted by atomic mass is 9.77. The molecule has 0 radical (unpaired) electrons. The fraction of sp³-hybridized carbons (Fsp3) is 1.00. The summed E-state index contributed by atoms with van der Waals surface area (Å²) in [6.45, 7) is 10.5. The Kier molecular flexibility index (Phi) is 3.96. The molecule has 0 aromatic carbocycles. The zero-order chi connectivity index (χ0) is 10.8. The van der Waals surface area contributed by atoms with Crippen LogP contribution in [-0.4, -0.2) is 24.4 Å². The molecule has 2 nitrogen and oxygen atoms in total. The van der Waals surface area contributed by atoms with Gasteiger partial charge in [0, 0.05) is 12.5 Å². The van der Waals surface area contributed by atoms with Gasteiger partial charge in [-0.1, -0.05) is 27.7 Å². The van der Waals surface area contributed by atoms with Crippen LogP contribution in [0.15, 0.2) is 0 Å². The van der Waals surface area contributed by atoms with Crippen molar-refractivity contribution in [1.29, 1.82) is 0 Å². The summed E-state index contributed by atoms with van der Waals surface area (Å²) < 4.78 is 5.29. The molecular formula is C12H24O2. The van der Waals surface area contributed by atoms with Crippen LogP contribution in [0.1, 0.15) is 40.5 Å². The van der Waals surface area contributed by atoms with Crippen molar-refractivity contribution in [3.8, 4) is 0 Å². The molecule has 84 valence electrons. The minimum atomic E-state index is -0.174. The fourth-order valence-corrected chi connectivity index (χ4v) is 1.76. The highest BCUT2D eigenvalue weighted by atomic mass is 16.5. The monoisotopic (exact) mass is 200 g/mol. The SMILES string of the molecule is CC(CC(O)C1CCOC1)C(C)(C)C. The van der Waals surface area contributed by atoms with E-state index in [-0.39, 0.29) is 6.10 Å². The number of ether oxygens (including phenoxy) is 1.